The summed E-state index contributed by atoms with van der Waals surface area (Å²) in [6.45, 7) is 0. The van der Waals surface area contributed by atoms with E-state index in [0.29, 0.717) is 0 Å². The number of aliphatic hydroxyl groups is 2. The minimum absolute atomic E-state index is 0.0231. The number of hydrogen-bond acceptors (Lipinski definition) is 9. The third kappa shape index (κ3) is 4.15. The van der Waals surface area contributed by atoms with Crippen LogP contribution in [0.5, 0.6) is 6.01 Å². The lowest BCUT2D eigenvalue weighted by Gasteiger charge is -2.22. The highest BCUT2D eigenvalue weighted by Gasteiger charge is 2.49. The topological polar surface area (TPSA) is 129 Å². The van der Waals surface area contributed by atoms with Gasteiger partial charge in [0, 0.05) is 5.25 Å². The number of rotatable bonds is 5. The normalized spacial score (nSPS) is 29.0. The predicted octanol–water partition coefficient (Wildman–Crippen LogP) is 1.60. The number of ether oxygens (including phenoxy) is 2. The largest absolute Gasteiger partial charge is 0.460 e. The lowest BCUT2D eigenvalue weighted by molar-refractivity contribution is -0.142. The number of aliphatic hydroxyl groups excluding tert-OH is 2. The first-order valence-electron chi connectivity index (χ1n) is 9.57. The summed E-state index contributed by atoms with van der Waals surface area (Å²) in [5, 5.41) is 19.3. The molecule has 2 fully saturated rings. The van der Waals surface area contributed by atoms with Crippen LogP contribution in [0.3, 0.4) is 0 Å². The fourth-order valence-electron chi connectivity index (χ4n) is 3.90. The summed E-state index contributed by atoms with van der Waals surface area (Å²) < 4.78 is 50.8. The number of halogens is 3. The van der Waals surface area contributed by atoms with E-state index in [0.717, 1.165) is 25.7 Å². The molecule has 13 heteroatoms. The van der Waals surface area contributed by atoms with Gasteiger partial charge < -0.3 is 25.4 Å². The van der Waals surface area contributed by atoms with Gasteiger partial charge in [0.05, 0.1) is 12.7 Å². The van der Waals surface area contributed by atoms with Crippen LogP contribution in [0.2, 0.25) is 0 Å². The molecule has 3 heterocycles. The summed E-state index contributed by atoms with van der Waals surface area (Å²) in [7, 11) is 0. The van der Waals surface area contributed by atoms with Crippen LogP contribution in [0.1, 0.15) is 38.3 Å². The third-order valence-corrected chi connectivity index (χ3v) is 5.85. The van der Waals surface area contributed by atoms with Crippen LogP contribution in [0.15, 0.2) is 6.33 Å². The van der Waals surface area contributed by atoms with Gasteiger partial charge in [-0.05, 0) is 25.7 Å². The Balaban J connectivity index is 1.61. The molecule has 0 radical (unpaired) electrons. The summed E-state index contributed by atoms with van der Waals surface area (Å²) in [5.41, 5.74) is 6.36. The van der Waals surface area contributed by atoms with Gasteiger partial charge >= 0.3 is 12.2 Å². The van der Waals surface area contributed by atoms with Gasteiger partial charge in [-0.15, -0.1) is 0 Å². The van der Waals surface area contributed by atoms with Crippen LogP contribution in [0.4, 0.5) is 19.0 Å². The molecule has 0 aromatic carbocycles. The Kier molecular flexibility index (Phi) is 5.72. The second kappa shape index (κ2) is 8.02. The summed E-state index contributed by atoms with van der Waals surface area (Å²) in [6.07, 6.45) is -6.35. The van der Waals surface area contributed by atoms with E-state index in [1.165, 1.54) is 10.9 Å². The number of thiol groups is 1. The van der Waals surface area contributed by atoms with Crippen molar-refractivity contribution < 1.29 is 32.9 Å². The maximum Gasteiger partial charge on any atom is 0.390 e. The van der Waals surface area contributed by atoms with E-state index in [1.54, 1.807) is 0 Å². The van der Waals surface area contributed by atoms with Crippen LogP contribution in [0, 0.1) is 0 Å². The molecule has 1 saturated carbocycles. The zero-order valence-corrected chi connectivity index (χ0v) is 16.6. The summed E-state index contributed by atoms with van der Waals surface area (Å²) >= 11 is 3.92. The van der Waals surface area contributed by atoms with Crippen molar-refractivity contribution in [3.05, 3.63) is 6.33 Å². The summed E-state index contributed by atoms with van der Waals surface area (Å²) in [4.78, 5) is 12.5. The number of hydrogen-bond donors (Lipinski definition) is 4. The van der Waals surface area contributed by atoms with E-state index >= 15 is 0 Å². The molecule has 2 aromatic rings. The smallest absolute Gasteiger partial charge is 0.390 e. The van der Waals surface area contributed by atoms with Crippen molar-refractivity contribution in [1.82, 2.24) is 19.5 Å². The lowest BCUT2D eigenvalue weighted by atomic mass is 10.1. The molecular formula is C17H22F3N5O4S. The number of imidazole rings is 1. The van der Waals surface area contributed by atoms with Gasteiger partial charge in [-0.1, -0.05) is 0 Å². The van der Waals surface area contributed by atoms with E-state index in [-0.39, 0.29) is 29.1 Å². The summed E-state index contributed by atoms with van der Waals surface area (Å²) in [5.74, 6) is 0.0560. The number of fused-ring (bicyclic) bond motifs is 1. The quantitative estimate of drug-likeness (QED) is 0.507. The second-order valence-corrected chi connectivity index (χ2v) is 8.26. The fraction of sp³-hybridized carbons (Fsp3) is 0.706. The van der Waals surface area contributed by atoms with Gasteiger partial charge in [0.2, 0.25) is 0 Å². The molecule has 1 aliphatic heterocycles. The third-order valence-electron chi connectivity index (χ3n) is 5.37. The first-order chi connectivity index (χ1) is 14.1. The van der Waals surface area contributed by atoms with E-state index in [1.807, 2.05) is 0 Å². The van der Waals surface area contributed by atoms with E-state index < -0.39 is 42.4 Å². The van der Waals surface area contributed by atoms with Crippen molar-refractivity contribution in [3.63, 3.8) is 0 Å². The fourth-order valence-corrected chi connectivity index (χ4v) is 4.35. The van der Waals surface area contributed by atoms with Crippen LogP contribution in [0.25, 0.3) is 11.2 Å². The van der Waals surface area contributed by atoms with Crippen molar-refractivity contribution >= 4 is 29.6 Å². The number of anilines is 1. The maximum absolute atomic E-state index is 12.7. The number of aromatic nitrogens is 4. The first kappa shape index (κ1) is 21.4. The molecule has 1 aliphatic carbocycles. The van der Waals surface area contributed by atoms with E-state index in [4.69, 9.17) is 15.2 Å². The van der Waals surface area contributed by atoms with Crippen molar-refractivity contribution in [2.45, 2.75) is 74.2 Å². The van der Waals surface area contributed by atoms with Gasteiger partial charge in [0.15, 0.2) is 23.2 Å². The van der Waals surface area contributed by atoms with Crippen molar-refractivity contribution in [1.29, 1.82) is 0 Å². The van der Waals surface area contributed by atoms with Gasteiger partial charge in [-0.3, -0.25) is 4.57 Å². The molecule has 0 amide bonds. The minimum atomic E-state index is -4.49. The highest BCUT2D eigenvalue weighted by atomic mass is 32.1. The molecule has 4 rings (SSSR count). The number of nitrogens with zero attached hydrogens (tertiary/aromatic N) is 4. The van der Waals surface area contributed by atoms with Crippen LogP contribution >= 0.6 is 12.6 Å². The Morgan fingerprint density at radius 3 is 2.63 bits per heavy atom. The average Bonchev–Trinajstić information content (AvgIpc) is 3.35. The molecule has 166 valence electrons. The highest BCUT2D eigenvalue weighted by molar-refractivity contribution is 7.81. The number of nitrogen functional groups attached to an aromatic ring is 1. The molecular weight excluding hydrogens is 427 g/mol. The average molecular weight is 449 g/mol. The first-order valence-corrected chi connectivity index (χ1v) is 10.1. The summed E-state index contributed by atoms with van der Waals surface area (Å²) in [6, 6.07) is 0.0439. The molecule has 4 N–H and O–H groups in total. The Bertz CT molecular complexity index is 907. The van der Waals surface area contributed by atoms with E-state index in [9.17, 15) is 23.4 Å². The molecule has 1 saturated heterocycles. The van der Waals surface area contributed by atoms with Crippen LogP contribution in [-0.2, 0) is 4.74 Å². The van der Waals surface area contributed by atoms with Crippen LogP contribution in [-0.4, -0.2) is 65.6 Å². The van der Waals surface area contributed by atoms with Crippen LogP contribution < -0.4 is 10.5 Å². The molecule has 0 spiro atoms. The number of alkyl halides is 3. The zero-order valence-electron chi connectivity index (χ0n) is 15.7. The van der Waals surface area contributed by atoms with Crippen molar-refractivity contribution in [3.8, 4) is 6.01 Å². The Labute approximate surface area is 174 Å². The van der Waals surface area contributed by atoms with Gasteiger partial charge in [-0.25, -0.2) is 4.98 Å². The molecule has 2 aliphatic rings. The molecule has 1 unspecified atom stereocenters. The maximum atomic E-state index is 12.7. The van der Waals surface area contributed by atoms with E-state index in [2.05, 4.69) is 27.6 Å². The van der Waals surface area contributed by atoms with Crippen molar-refractivity contribution in [2.75, 3.05) is 5.73 Å². The zero-order chi connectivity index (χ0) is 21.6. The number of nitrogens with two attached hydrogens (primary N) is 1. The molecule has 30 heavy (non-hydrogen) atoms. The lowest BCUT2D eigenvalue weighted by Crippen LogP contribution is -2.38. The minimum Gasteiger partial charge on any atom is -0.460 e. The Morgan fingerprint density at radius 1 is 1.27 bits per heavy atom. The Morgan fingerprint density at radius 2 is 1.97 bits per heavy atom. The molecule has 9 nitrogen and oxygen atoms in total. The monoisotopic (exact) mass is 449 g/mol. The molecule has 5 atom stereocenters. The van der Waals surface area contributed by atoms with Gasteiger partial charge in [-0.2, -0.15) is 35.8 Å². The van der Waals surface area contributed by atoms with Crippen molar-refractivity contribution in [2.24, 2.45) is 0 Å². The Hall–Kier alpha value is -1.83. The SMILES string of the molecule is Nc1nc(OC2CCCC2)nc2c1ncn2[C@@H]1O[C@H](C(S)CC(F)(F)F)[C@@H](O)[C@H]1O. The highest BCUT2D eigenvalue weighted by Crippen LogP contribution is 2.38. The van der Waals surface area contributed by atoms with Gasteiger partial charge in [0.25, 0.3) is 0 Å². The predicted molar refractivity (Wildman–Crippen MR) is 102 cm³/mol. The molecule has 0 bridgehead atoms. The van der Waals surface area contributed by atoms with Gasteiger partial charge in [0.1, 0.15) is 24.4 Å². The molecule has 2 aromatic heterocycles. The second-order valence-electron chi connectivity index (χ2n) is 7.60. The standard InChI is InChI=1S/C17H22F3N5O4S/c18-17(19,20)5-8(30)12-10(26)11(27)15(29-12)25-6-22-9-13(21)23-16(24-14(9)25)28-7-3-1-2-4-7/h6-8,10-12,15,26-27,30H,1-5H2,(H2,21,23,24)/t8?,10-,11+,12+,15+/m0/s1.